The molecule has 5 unspecified atom stereocenters. The summed E-state index contributed by atoms with van der Waals surface area (Å²) in [5.41, 5.74) is 0. The summed E-state index contributed by atoms with van der Waals surface area (Å²) in [7, 11) is -9.79. The van der Waals surface area contributed by atoms with Gasteiger partial charge in [0.15, 0.2) is 6.10 Å². The standard InChI is InChI=1S/C81H140O16P2/c1-4-7-10-13-16-19-22-25-27-29-31-33-35-36-37-38-40-42-43-45-47-50-52-55-58-61-64-67-79(84)91-70-76(82)71-93-98(87,88)94-72-77(83)73-95-99(89,90)96-75-78(97-81(86)69-66-63-60-57-54-49-24-21-18-15-12-9-6-3)74-92-80(85)68-65-62-59-56-53-51-48-46-44-41-39-34-32-30-28-26-23-20-17-14-11-8-5-2/h7,10,16-17,19-20,25-28,31-34,36-37,40-42,44,76-78,82-83H,4-6,8-9,11-15,18,21-24,29-30,35,38-39,43,45-75H2,1-3H3,(H,87,88)(H,89,90)/b10-7-,19-16-,20-17-,27-25-,28-26-,33-31-,34-32-,37-36-,42-40-,44-41-. The zero-order chi connectivity index (χ0) is 72.3. The van der Waals surface area contributed by atoms with Gasteiger partial charge in [0.2, 0.25) is 0 Å². The van der Waals surface area contributed by atoms with Crippen molar-refractivity contribution in [3.05, 3.63) is 122 Å². The molecule has 0 saturated carbocycles. The third-order valence-electron chi connectivity index (χ3n) is 16.2. The topological polar surface area (TPSA) is 231 Å². The van der Waals surface area contributed by atoms with Gasteiger partial charge in [-0.05, 0) is 116 Å². The lowest BCUT2D eigenvalue weighted by molar-refractivity contribution is -0.161. The Morgan fingerprint density at radius 2 is 0.535 bits per heavy atom. The summed E-state index contributed by atoms with van der Waals surface area (Å²) in [6.45, 7) is 2.53. The highest BCUT2D eigenvalue weighted by Gasteiger charge is 2.29. The van der Waals surface area contributed by atoms with Crippen molar-refractivity contribution in [2.45, 2.75) is 334 Å². The summed E-state index contributed by atoms with van der Waals surface area (Å²) in [4.78, 5) is 58.6. The van der Waals surface area contributed by atoms with Gasteiger partial charge in [-0.2, -0.15) is 0 Å². The first-order valence-electron chi connectivity index (χ1n) is 38.8. The zero-order valence-corrected chi connectivity index (χ0v) is 63.9. The highest BCUT2D eigenvalue weighted by atomic mass is 31.2. The van der Waals surface area contributed by atoms with E-state index in [1.165, 1.54) is 96.3 Å². The second kappa shape index (κ2) is 73.7. The summed E-state index contributed by atoms with van der Waals surface area (Å²) in [6.07, 6.45) is 86.7. The molecular weight excluding hydrogens is 1290 g/mol. The van der Waals surface area contributed by atoms with E-state index in [1.807, 2.05) is 0 Å². The number of ether oxygens (including phenoxy) is 3. The largest absolute Gasteiger partial charge is 0.472 e. The van der Waals surface area contributed by atoms with Gasteiger partial charge in [-0.15, -0.1) is 0 Å². The molecule has 0 aliphatic carbocycles. The number of esters is 3. The molecule has 99 heavy (non-hydrogen) atoms. The number of unbranched alkanes of at least 4 members (excludes halogenated alkanes) is 30. The molecule has 0 aromatic heterocycles. The highest BCUT2D eigenvalue weighted by Crippen LogP contribution is 2.45. The summed E-state index contributed by atoms with van der Waals surface area (Å²) >= 11 is 0. The molecule has 0 aliphatic rings. The molecule has 0 fully saturated rings. The van der Waals surface area contributed by atoms with Crippen LogP contribution >= 0.6 is 15.6 Å². The van der Waals surface area contributed by atoms with Crippen LogP contribution in [-0.2, 0) is 55.8 Å². The maximum absolute atomic E-state index is 12.9. The molecule has 0 bridgehead atoms. The molecule has 4 N–H and O–H groups in total. The van der Waals surface area contributed by atoms with Crippen molar-refractivity contribution in [3.8, 4) is 0 Å². The normalized spacial score (nSPS) is 14.7. The molecule has 5 atom stereocenters. The van der Waals surface area contributed by atoms with Gasteiger partial charge in [-0.1, -0.05) is 303 Å². The van der Waals surface area contributed by atoms with Crippen molar-refractivity contribution in [1.82, 2.24) is 0 Å². The molecule has 16 nitrogen and oxygen atoms in total. The van der Waals surface area contributed by atoms with Crippen LogP contribution in [0.25, 0.3) is 0 Å². The second-order valence-electron chi connectivity index (χ2n) is 25.8. The summed E-state index contributed by atoms with van der Waals surface area (Å²) < 4.78 is 61.1. The molecular formula is C81H140O16P2. The van der Waals surface area contributed by atoms with E-state index >= 15 is 0 Å². The molecule has 0 amide bonds. The molecule has 0 spiro atoms. The number of rotatable bonds is 73. The number of phosphoric ester groups is 2. The minimum Gasteiger partial charge on any atom is -0.463 e. The number of carbonyl (C=O) groups excluding carboxylic acids is 3. The first kappa shape index (κ1) is 94.9. The van der Waals surface area contributed by atoms with E-state index in [-0.39, 0.29) is 19.3 Å². The Morgan fingerprint density at radius 1 is 0.293 bits per heavy atom. The average molecular weight is 1430 g/mol. The average Bonchev–Trinajstić information content (AvgIpc) is 1.04. The van der Waals surface area contributed by atoms with Crippen LogP contribution in [0.2, 0.25) is 0 Å². The van der Waals surface area contributed by atoms with Crippen LogP contribution < -0.4 is 0 Å². The van der Waals surface area contributed by atoms with Gasteiger partial charge in [0.25, 0.3) is 0 Å². The molecule has 0 heterocycles. The van der Waals surface area contributed by atoms with Crippen LogP contribution in [0.4, 0.5) is 0 Å². The lowest BCUT2D eigenvalue weighted by atomic mass is 10.0. The fourth-order valence-corrected chi connectivity index (χ4v) is 11.8. The smallest absolute Gasteiger partial charge is 0.463 e. The monoisotopic (exact) mass is 1430 g/mol. The Morgan fingerprint density at radius 3 is 0.869 bits per heavy atom. The van der Waals surface area contributed by atoms with E-state index in [0.29, 0.717) is 19.3 Å². The lowest BCUT2D eigenvalue weighted by Gasteiger charge is -2.21. The first-order valence-corrected chi connectivity index (χ1v) is 41.8. The molecule has 0 aromatic carbocycles. The highest BCUT2D eigenvalue weighted by molar-refractivity contribution is 7.47. The Hall–Kier alpha value is -4.05. The zero-order valence-electron chi connectivity index (χ0n) is 62.1. The van der Waals surface area contributed by atoms with Crippen LogP contribution in [0.15, 0.2) is 122 Å². The van der Waals surface area contributed by atoms with Crippen molar-refractivity contribution in [2.24, 2.45) is 0 Å². The van der Waals surface area contributed by atoms with Crippen molar-refractivity contribution in [2.75, 3.05) is 39.6 Å². The Labute approximate surface area is 602 Å². The predicted molar refractivity (Wildman–Crippen MR) is 408 cm³/mol. The van der Waals surface area contributed by atoms with Gasteiger partial charge >= 0.3 is 33.6 Å². The molecule has 0 radical (unpaired) electrons. The Bertz CT molecular complexity index is 2290. The van der Waals surface area contributed by atoms with E-state index in [1.54, 1.807) is 0 Å². The third-order valence-corrected chi connectivity index (χ3v) is 18.1. The number of hydrogen-bond acceptors (Lipinski definition) is 14. The van der Waals surface area contributed by atoms with E-state index in [2.05, 4.69) is 142 Å². The van der Waals surface area contributed by atoms with Crippen LogP contribution in [0.3, 0.4) is 0 Å². The van der Waals surface area contributed by atoms with Gasteiger partial charge < -0.3 is 34.2 Å². The van der Waals surface area contributed by atoms with Crippen molar-refractivity contribution >= 4 is 33.6 Å². The third kappa shape index (κ3) is 74.9. The lowest BCUT2D eigenvalue weighted by Crippen LogP contribution is -2.30. The fraction of sp³-hybridized carbons (Fsp3) is 0.716. The minimum atomic E-state index is -4.93. The molecule has 0 saturated heterocycles. The maximum atomic E-state index is 12.9. The van der Waals surface area contributed by atoms with Gasteiger partial charge in [-0.25, -0.2) is 9.13 Å². The molecule has 18 heteroatoms. The SMILES string of the molecule is CC/C=C\C/C=C\C/C=C\C/C=C\C/C=C\C/C=C\CCCCCCCCCCC(=O)OCC(O)COP(=O)(O)OCC(O)COP(=O)(O)OCC(COC(=O)CCCCCCCCC/C=C\C/C=C\C/C=C\C/C=C\CCCCC)OC(=O)CCCCCCCCCCCCCCC. The molecule has 570 valence electrons. The Kier molecular flexibility index (Phi) is 70.7. The van der Waals surface area contributed by atoms with Crippen LogP contribution in [0.5, 0.6) is 0 Å². The first-order chi connectivity index (χ1) is 48.2. The quantitative estimate of drug-likeness (QED) is 0.0146. The van der Waals surface area contributed by atoms with Crippen LogP contribution in [0.1, 0.15) is 316 Å². The molecule has 0 rings (SSSR count). The Balaban J connectivity index is 4.55. The molecule has 0 aromatic rings. The second-order valence-corrected chi connectivity index (χ2v) is 28.7. The number of phosphoric acid groups is 2. The van der Waals surface area contributed by atoms with Gasteiger partial charge in [0.1, 0.15) is 25.4 Å². The van der Waals surface area contributed by atoms with Crippen molar-refractivity contribution in [1.29, 1.82) is 0 Å². The van der Waals surface area contributed by atoms with E-state index in [0.717, 1.165) is 161 Å². The number of allylic oxidation sites excluding steroid dienone is 20. The maximum Gasteiger partial charge on any atom is 0.472 e. The van der Waals surface area contributed by atoms with Gasteiger partial charge in [0.05, 0.1) is 26.4 Å². The van der Waals surface area contributed by atoms with Gasteiger partial charge in [0, 0.05) is 19.3 Å². The summed E-state index contributed by atoms with van der Waals surface area (Å²) in [6, 6.07) is 0. The fourth-order valence-electron chi connectivity index (χ4n) is 10.3. The number of carbonyl (C=O) groups is 3. The summed E-state index contributed by atoms with van der Waals surface area (Å²) in [5, 5.41) is 20.6. The number of aliphatic hydroxyl groups is 2. The van der Waals surface area contributed by atoms with Crippen LogP contribution in [-0.4, -0.2) is 95.9 Å². The van der Waals surface area contributed by atoms with E-state index in [9.17, 15) is 43.5 Å². The van der Waals surface area contributed by atoms with E-state index < -0.39 is 91.5 Å². The predicted octanol–water partition coefficient (Wildman–Crippen LogP) is 22.5. The van der Waals surface area contributed by atoms with Crippen molar-refractivity contribution in [3.63, 3.8) is 0 Å². The van der Waals surface area contributed by atoms with Crippen molar-refractivity contribution < 1.29 is 75.8 Å². The number of hydrogen-bond donors (Lipinski definition) is 4. The van der Waals surface area contributed by atoms with Gasteiger partial charge in [-0.3, -0.25) is 32.5 Å². The minimum absolute atomic E-state index is 0.104. The summed E-state index contributed by atoms with van der Waals surface area (Å²) in [5.74, 6) is -1.59. The molecule has 0 aliphatic heterocycles. The number of aliphatic hydroxyl groups excluding tert-OH is 2. The van der Waals surface area contributed by atoms with Crippen LogP contribution in [0, 0.1) is 0 Å². The van der Waals surface area contributed by atoms with E-state index in [4.69, 9.17) is 32.3 Å².